The second kappa shape index (κ2) is 6.55. The molecule has 0 aliphatic rings. The van der Waals surface area contributed by atoms with Gasteiger partial charge in [0.05, 0.1) is 10.0 Å². The maximum absolute atomic E-state index is 12.4. The molecule has 0 aromatic heterocycles. The highest BCUT2D eigenvalue weighted by Gasteiger charge is 2.24. The fourth-order valence-corrected chi connectivity index (χ4v) is 4.45. The second-order valence-corrected chi connectivity index (χ2v) is 7.35. The van der Waals surface area contributed by atoms with E-state index in [9.17, 15) is 8.42 Å². The molecule has 7 heteroatoms. The zero-order valence-electron chi connectivity index (χ0n) is 11.0. The van der Waals surface area contributed by atoms with Crippen LogP contribution in [0.4, 0.5) is 0 Å². The lowest BCUT2D eigenvalue weighted by Gasteiger charge is -2.16. The molecule has 0 amide bonds. The van der Waals surface area contributed by atoms with E-state index in [1.54, 1.807) is 37.3 Å². The molecule has 3 nitrogen and oxygen atoms in total. The van der Waals surface area contributed by atoms with Gasteiger partial charge in [0.15, 0.2) is 0 Å². The summed E-state index contributed by atoms with van der Waals surface area (Å²) in [5.41, 5.74) is 0.745. The van der Waals surface area contributed by atoms with E-state index in [0.29, 0.717) is 5.02 Å². The first-order valence-corrected chi connectivity index (χ1v) is 8.65. The van der Waals surface area contributed by atoms with Gasteiger partial charge in [0, 0.05) is 11.1 Å². The molecule has 0 unspecified atom stereocenters. The van der Waals surface area contributed by atoms with Crippen LogP contribution in [-0.2, 0) is 10.0 Å². The molecule has 2 rings (SSSR count). The van der Waals surface area contributed by atoms with Gasteiger partial charge in [-0.15, -0.1) is 0 Å². The van der Waals surface area contributed by atoms with Crippen LogP contribution in [0.5, 0.6) is 0 Å². The molecule has 2 aromatic rings. The van der Waals surface area contributed by atoms with E-state index >= 15 is 0 Å². The van der Waals surface area contributed by atoms with Gasteiger partial charge in [0.1, 0.15) is 4.90 Å². The van der Waals surface area contributed by atoms with Crippen molar-refractivity contribution in [2.45, 2.75) is 17.9 Å². The van der Waals surface area contributed by atoms with Crippen molar-refractivity contribution in [3.05, 3.63) is 63.1 Å². The minimum atomic E-state index is -3.84. The molecule has 0 aliphatic heterocycles. The van der Waals surface area contributed by atoms with E-state index in [1.165, 1.54) is 12.1 Å². The van der Waals surface area contributed by atoms with Crippen molar-refractivity contribution in [2.75, 3.05) is 0 Å². The van der Waals surface area contributed by atoms with Crippen LogP contribution in [0.15, 0.2) is 47.4 Å². The Bertz CT molecular complexity index is 742. The van der Waals surface area contributed by atoms with Crippen molar-refractivity contribution >= 4 is 44.8 Å². The van der Waals surface area contributed by atoms with E-state index in [0.717, 1.165) is 5.56 Å². The van der Waals surface area contributed by atoms with Crippen LogP contribution in [0.2, 0.25) is 15.1 Å². The van der Waals surface area contributed by atoms with Crippen LogP contribution < -0.4 is 4.72 Å². The van der Waals surface area contributed by atoms with Gasteiger partial charge in [0.25, 0.3) is 0 Å². The third-order valence-electron chi connectivity index (χ3n) is 2.87. The van der Waals surface area contributed by atoms with Gasteiger partial charge in [-0.05, 0) is 36.8 Å². The number of benzene rings is 2. The van der Waals surface area contributed by atoms with Gasteiger partial charge in [-0.25, -0.2) is 13.1 Å². The molecule has 2 aromatic carbocycles. The van der Waals surface area contributed by atoms with Crippen LogP contribution in [0.25, 0.3) is 0 Å². The molecule has 1 N–H and O–H groups in total. The topological polar surface area (TPSA) is 46.2 Å². The Balaban J connectivity index is 2.34. The Hall–Kier alpha value is -0.780. The highest BCUT2D eigenvalue weighted by Crippen LogP contribution is 2.30. The van der Waals surface area contributed by atoms with Gasteiger partial charge in [-0.2, -0.15) is 0 Å². The molecule has 0 heterocycles. The van der Waals surface area contributed by atoms with Crippen molar-refractivity contribution in [3.63, 3.8) is 0 Å². The number of hydrogen-bond acceptors (Lipinski definition) is 2. The summed E-state index contributed by atoms with van der Waals surface area (Å²) in [5, 5.41) is 0.691. The van der Waals surface area contributed by atoms with Gasteiger partial charge < -0.3 is 0 Å². The monoisotopic (exact) mass is 363 g/mol. The standard InChI is InChI=1S/C14H12Cl3NO2S/c1-9(10-4-2-5-11(15)8-10)18-21(19,20)14-12(16)6-3-7-13(14)17/h2-9,18H,1H3/t9-/m1/s1. The molecule has 0 radical (unpaired) electrons. The van der Waals surface area contributed by atoms with Crippen molar-refractivity contribution in [1.29, 1.82) is 0 Å². The highest BCUT2D eigenvalue weighted by molar-refractivity contribution is 7.89. The molecule has 0 saturated heterocycles. The van der Waals surface area contributed by atoms with Crippen LogP contribution in [-0.4, -0.2) is 8.42 Å². The fraction of sp³-hybridized carbons (Fsp3) is 0.143. The van der Waals surface area contributed by atoms with E-state index < -0.39 is 16.1 Å². The number of sulfonamides is 1. The number of rotatable bonds is 4. The lowest BCUT2D eigenvalue weighted by atomic mass is 10.1. The summed E-state index contributed by atoms with van der Waals surface area (Å²) >= 11 is 17.8. The fourth-order valence-electron chi connectivity index (χ4n) is 1.87. The van der Waals surface area contributed by atoms with Gasteiger partial charge in [0.2, 0.25) is 10.0 Å². The number of hydrogen-bond donors (Lipinski definition) is 1. The van der Waals surface area contributed by atoms with E-state index in [2.05, 4.69) is 4.72 Å². The minimum Gasteiger partial charge on any atom is -0.207 e. The molecule has 112 valence electrons. The van der Waals surface area contributed by atoms with Crippen LogP contribution in [0, 0.1) is 0 Å². The number of halogens is 3. The Morgan fingerprint density at radius 2 is 1.57 bits per heavy atom. The average Bonchev–Trinajstić information content (AvgIpc) is 2.37. The normalized spacial score (nSPS) is 13.1. The third kappa shape index (κ3) is 3.90. The molecule has 0 aliphatic carbocycles. The van der Waals surface area contributed by atoms with E-state index in [-0.39, 0.29) is 14.9 Å². The maximum atomic E-state index is 12.4. The summed E-state index contributed by atoms with van der Waals surface area (Å²) in [6.45, 7) is 1.72. The maximum Gasteiger partial charge on any atom is 0.244 e. The first kappa shape index (κ1) is 16.6. The largest absolute Gasteiger partial charge is 0.244 e. The average molecular weight is 365 g/mol. The van der Waals surface area contributed by atoms with Gasteiger partial charge in [-0.1, -0.05) is 53.0 Å². The lowest BCUT2D eigenvalue weighted by Crippen LogP contribution is -2.27. The van der Waals surface area contributed by atoms with E-state index in [4.69, 9.17) is 34.8 Å². The Labute approximate surface area is 138 Å². The Kier molecular flexibility index (Phi) is 5.17. The summed E-state index contributed by atoms with van der Waals surface area (Å²) in [6, 6.07) is 11.0. The van der Waals surface area contributed by atoms with E-state index in [1.807, 2.05) is 0 Å². The zero-order chi connectivity index (χ0) is 15.6. The first-order chi connectivity index (χ1) is 9.81. The van der Waals surface area contributed by atoms with Gasteiger partial charge >= 0.3 is 0 Å². The molecule has 1 atom stereocenters. The third-order valence-corrected chi connectivity index (χ3v) is 5.60. The quantitative estimate of drug-likeness (QED) is 0.855. The van der Waals surface area contributed by atoms with Crippen LogP contribution in [0.3, 0.4) is 0 Å². The predicted octanol–water partition coefficient (Wildman–Crippen LogP) is 4.69. The summed E-state index contributed by atoms with van der Waals surface area (Å²) in [6.07, 6.45) is 0. The predicted molar refractivity (Wildman–Crippen MR) is 86.7 cm³/mol. The SMILES string of the molecule is C[C@@H](NS(=O)(=O)c1c(Cl)cccc1Cl)c1cccc(Cl)c1. The highest BCUT2D eigenvalue weighted by atomic mass is 35.5. The molecule has 0 spiro atoms. The Morgan fingerprint density at radius 3 is 2.14 bits per heavy atom. The summed E-state index contributed by atoms with van der Waals surface area (Å²) in [4.78, 5) is -0.123. The minimum absolute atomic E-state index is 0.0771. The van der Waals surface area contributed by atoms with Crippen LogP contribution >= 0.6 is 34.8 Å². The smallest absolute Gasteiger partial charge is 0.207 e. The summed E-state index contributed by atoms with van der Waals surface area (Å²) < 4.78 is 27.4. The van der Waals surface area contributed by atoms with Crippen molar-refractivity contribution in [2.24, 2.45) is 0 Å². The number of nitrogens with one attached hydrogen (secondary N) is 1. The molecule has 0 saturated carbocycles. The Morgan fingerprint density at radius 1 is 1.00 bits per heavy atom. The molecular weight excluding hydrogens is 353 g/mol. The summed E-state index contributed by atoms with van der Waals surface area (Å²) in [5.74, 6) is 0. The van der Waals surface area contributed by atoms with Crippen molar-refractivity contribution < 1.29 is 8.42 Å². The molecule has 0 fully saturated rings. The molecule has 0 bridgehead atoms. The van der Waals surface area contributed by atoms with Crippen LogP contribution in [0.1, 0.15) is 18.5 Å². The molecular formula is C14H12Cl3NO2S. The zero-order valence-corrected chi connectivity index (χ0v) is 14.1. The molecule has 21 heavy (non-hydrogen) atoms. The first-order valence-electron chi connectivity index (χ1n) is 6.03. The van der Waals surface area contributed by atoms with Crippen molar-refractivity contribution in [3.8, 4) is 0 Å². The lowest BCUT2D eigenvalue weighted by molar-refractivity contribution is 0.567. The second-order valence-electron chi connectivity index (χ2n) is 4.45. The van der Waals surface area contributed by atoms with Gasteiger partial charge in [-0.3, -0.25) is 0 Å². The summed E-state index contributed by atoms with van der Waals surface area (Å²) in [7, 11) is -3.84. The van der Waals surface area contributed by atoms with Crippen molar-refractivity contribution in [1.82, 2.24) is 4.72 Å².